The Morgan fingerprint density at radius 1 is 1.33 bits per heavy atom. The normalized spacial score (nSPS) is 19.2. The van der Waals surface area contributed by atoms with Gasteiger partial charge in [0.05, 0.1) is 11.7 Å². The zero-order chi connectivity index (χ0) is 15.7. The number of Topliss-reactive ketones (excluding diaryl/α,β-unsaturated/α-hetero) is 1. The van der Waals surface area contributed by atoms with Gasteiger partial charge >= 0.3 is 0 Å². The van der Waals surface area contributed by atoms with Crippen LogP contribution in [0.3, 0.4) is 0 Å². The standard InChI is InChI=1S/C16H22N2O3/c1-9(2)17-10(3)15(19)12-6-7-14-13(8-12)18(5)16(20)11(4)21-14/h6-11,17H,1-5H3. The van der Waals surface area contributed by atoms with Gasteiger partial charge in [-0.1, -0.05) is 13.8 Å². The van der Waals surface area contributed by atoms with E-state index in [2.05, 4.69) is 5.32 Å². The summed E-state index contributed by atoms with van der Waals surface area (Å²) in [6.07, 6.45) is -0.495. The lowest BCUT2D eigenvalue weighted by Crippen LogP contribution is -2.42. The highest BCUT2D eigenvalue weighted by Gasteiger charge is 2.29. The van der Waals surface area contributed by atoms with Crippen LogP contribution in [0.15, 0.2) is 18.2 Å². The number of nitrogens with one attached hydrogen (secondary N) is 1. The summed E-state index contributed by atoms with van der Waals surface area (Å²) in [5.74, 6) is 0.525. The topological polar surface area (TPSA) is 58.6 Å². The van der Waals surface area contributed by atoms with Crippen molar-refractivity contribution in [1.82, 2.24) is 5.32 Å². The number of ether oxygens (including phenoxy) is 1. The average molecular weight is 290 g/mol. The molecule has 1 heterocycles. The van der Waals surface area contributed by atoms with Crippen molar-refractivity contribution in [2.45, 2.75) is 45.9 Å². The van der Waals surface area contributed by atoms with Gasteiger partial charge in [0, 0.05) is 18.7 Å². The van der Waals surface area contributed by atoms with E-state index in [9.17, 15) is 9.59 Å². The number of hydrogen-bond donors (Lipinski definition) is 1. The maximum absolute atomic E-state index is 12.4. The number of carbonyl (C=O) groups is 2. The number of carbonyl (C=O) groups excluding carboxylic acids is 2. The molecule has 0 saturated heterocycles. The fourth-order valence-electron chi connectivity index (χ4n) is 2.49. The number of likely N-dealkylation sites (N-methyl/N-ethyl adjacent to an activating group) is 1. The molecule has 114 valence electrons. The molecule has 0 fully saturated rings. The largest absolute Gasteiger partial charge is 0.479 e. The van der Waals surface area contributed by atoms with Crippen molar-refractivity contribution in [2.75, 3.05) is 11.9 Å². The number of rotatable bonds is 4. The molecule has 1 aliphatic heterocycles. The van der Waals surface area contributed by atoms with E-state index < -0.39 is 6.10 Å². The van der Waals surface area contributed by atoms with Crippen molar-refractivity contribution in [3.05, 3.63) is 23.8 Å². The van der Waals surface area contributed by atoms with Crippen molar-refractivity contribution in [3.63, 3.8) is 0 Å². The van der Waals surface area contributed by atoms with Gasteiger partial charge in [0.15, 0.2) is 11.9 Å². The van der Waals surface area contributed by atoms with E-state index in [-0.39, 0.29) is 23.8 Å². The van der Waals surface area contributed by atoms with Crippen LogP contribution < -0.4 is 15.0 Å². The third kappa shape index (κ3) is 3.08. The molecule has 0 saturated carbocycles. The SMILES string of the molecule is CC(C)NC(C)C(=O)c1ccc2c(c1)N(C)C(=O)C(C)O2. The van der Waals surface area contributed by atoms with Gasteiger partial charge in [-0.2, -0.15) is 0 Å². The van der Waals surface area contributed by atoms with Crippen LogP contribution in [0.4, 0.5) is 5.69 Å². The molecule has 2 rings (SSSR count). The van der Waals surface area contributed by atoms with E-state index >= 15 is 0 Å². The minimum Gasteiger partial charge on any atom is -0.479 e. The molecule has 0 spiro atoms. The Labute approximate surface area is 125 Å². The quantitative estimate of drug-likeness (QED) is 0.862. The van der Waals surface area contributed by atoms with E-state index in [1.807, 2.05) is 20.8 Å². The van der Waals surface area contributed by atoms with Gasteiger partial charge in [0.1, 0.15) is 5.75 Å². The summed E-state index contributed by atoms with van der Waals surface area (Å²) < 4.78 is 5.56. The Morgan fingerprint density at radius 3 is 2.62 bits per heavy atom. The smallest absolute Gasteiger partial charge is 0.267 e. The first-order valence-corrected chi connectivity index (χ1v) is 7.19. The van der Waals surface area contributed by atoms with E-state index in [0.29, 0.717) is 17.0 Å². The lowest BCUT2D eigenvalue weighted by Gasteiger charge is -2.30. The van der Waals surface area contributed by atoms with Gasteiger partial charge in [0.25, 0.3) is 5.91 Å². The summed E-state index contributed by atoms with van der Waals surface area (Å²) in [7, 11) is 1.70. The van der Waals surface area contributed by atoms with Gasteiger partial charge in [-0.25, -0.2) is 0 Å². The Morgan fingerprint density at radius 2 is 2.00 bits per heavy atom. The average Bonchev–Trinajstić information content (AvgIpc) is 2.43. The molecule has 1 aromatic carbocycles. The third-order valence-electron chi connectivity index (χ3n) is 3.56. The molecule has 0 aliphatic carbocycles. The molecule has 1 N–H and O–H groups in total. The summed E-state index contributed by atoms with van der Waals surface area (Å²) in [4.78, 5) is 25.9. The van der Waals surface area contributed by atoms with Crippen LogP contribution in [-0.4, -0.2) is 36.9 Å². The molecule has 1 aromatic rings. The highest BCUT2D eigenvalue weighted by atomic mass is 16.5. The van der Waals surface area contributed by atoms with Crippen LogP contribution in [0.25, 0.3) is 0 Å². The van der Waals surface area contributed by atoms with Gasteiger partial charge in [0.2, 0.25) is 0 Å². The molecule has 0 bridgehead atoms. The summed E-state index contributed by atoms with van der Waals surface area (Å²) in [5.41, 5.74) is 1.22. The molecule has 0 aromatic heterocycles. The maximum Gasteiger partial charge on any atom is 0.267 e. The zero-order valence-electron chi connectivity index (χ0n) is 13.1. The third-order valence-corrected chi connectivity index (χ3v) is 3.56. The van der Waals surface area contributed by atoms with Crippen molar-refractivity contribution in [1.29, 1.82) is 0 Å². The monoisotopic (exact) mass is 290 g/mol. The minimum atomic E-state index is -0.495. The summed E-state index contributed by atoms with van der Waals surface area (Å²) in [5, 5.41) is 3.19. The van der Waals surface area contributed by atoms with Crippen LogP contribution in [0.5, 0.6) is 5.75 Å². The first-order valence-electron chi connectivity index (χ1n) is 7.19. The molecule has 2 atom stereocenters. The molecular weight excluding hydrogens is 268 g/mol. The second kappa shape index (κ2) is 5.85. The second-order valence-electron chi connectivity index (χ2n) is 5.75. The fraction of sp³-hybridized carbons (Fsp3) is 0.500. The number of anilines is 1. The van der Waals surface area contributed by atoms with Crippen molar-refractivity contribution in [2.24, 2.45) is 0 Å². The van der Waals surface area contributed by atoms with Gasteiger partial charge in [-0.3, -0.25) is 9.59 Å². The lowest BCUT2D eigenvalue weighted by molar-refractivity contribution is -0.125. The van der Waals surface area contributed by atoms with Crippen LogP contribution in [0.2, 0.25) is 0 Å². The Kier molecular flexibility index (Phi) is 4.32. The Balaban J connectivity index is 2.29. The van der Waals surface area contributed by atoms with E-state index in [1.165, 1.54) is 0 Å². The number of hydrogen-bond acceptors (Lipinski definition) is 4. The predicted octanol–water partition coefficient (Wildman–Crippen LogP) is 2.00. The number of nitrogens with zero attached hydrogens (tertiary/aromatic N) is 1. The first kappa shape index (κ1) is 15.5. The number of ketones is 1. The highest BCUT2D eigenvalue weighted by molar-refractivity contribution is 6.04. The fourth-order valence-corrected chi connectivity index (χ4v) is 2.49. The lowest BCUT2D eigenvalue weighted by atomic mass is 10.0. The van der Waals surface area contributed by atoms with Crippen LogP contribution in [-0.2, 0) is 4.79 Å². The van der Waals surface area contributed by atoms with Gasteiger partial charge < -0.3 is 15.0 Å². The maximum atomic E-state index is 12.4. The van der Waals surface area contributed by atoms with E-state index in [0.717, 1.165) is 0 Å². The molecule has 5 nitrogen and oxygen atoms in total. The van der Waals surface area contributed by atoms with Crippen molar-refractivity contribution in [3.8, 4) is 5.75 Å². The molecule has 2 unspecified atom stereocenters. The van der Waals surface area contributed by atoms with Crippen LogP contribution in [0.1, 0.15) is 38.1 Å². The Bertz CT molecular complexity index is 569. The molecule has 1 aliphatic rings. The summed E-state index contributed by atoms with van der Waals surface area (Å²) in [6, 6.07) is 5.18. The van der Waals surface area contributed by atoms with Crippen molar-refractivity contribution < 1.29 is 14.3 Å². The van der Waals surface area contributed by atoms with E-state index in [1.54, 1.807) is 37.1 Å². The summed E-state index contributed by atoms with van der Waals surface area (Å²) in [6.45, 7) is 7.56. The highest BCUT2D eigenvalue weighted by Crippen LogP contribution is 2.34. The van der Waals surface area contributed by atoms with Crippen LogP contribution in [0, 0.1) is 0 Å². The second-order valence-corrected chi connectivity index (χ2v) is 5.75. The Hall–Kier alpha value is -1.88. The molecule has 21 heavy (non-hydrogen) atoms. The van der Waals surface area contributed by atoms with Gasteiger partial charge in [-0.05, 0) is 32.0 Å². The minimum absolute atomic E-state index is 0.00553. The zero-order valence-corrected chi connectivity index (χ0v) is 13.1. The van der Waals surface area contributed by atoms with Crippen molar-refractivity contribution >= 4 is 17.4 Å². The molecule has 1 amide bonds. The van der Waals surface area contributed by atoms with Gasteiger partial charge in [-0.15, -0.1) is 0 Å². The molecule has 5 heteroatoms. The number of amides is 1. The van der Waals surface area contributed by atoms with Crippen LogP contribution >= 0.6 is 0 Å². The first-order chi connectivity index (χ1) is 9.81. The van der Waals surface area contributed by atoms with E-state index in [4.69, 9.17) is 4.74 Å². The number of fused-ring (bicyclic) bond motifs is 1. The molecular formula is C16H22N2O3. The molecule has 0 radical (unpaired) electrons. The number of benzene rings is 1. The summed E-state index contributed by atoms with van der Waals surface area (Å²) >= 11 is 0. The predicted molar refractivity (Wildman–Crippen MR) is 82.0 cm³/mol.